The van der Waals surface area contributed by atoms with Gasteiger partial charge in [-0.2, -0.15) is 5.26 Å². The first-order chi connectivity index (χ1) is 19.2. The molecule has 0 aromatic heterocycles. The molecule has 1 fully saturated rings. The van der Waals surface area contributed by atoms with E-state index >= 15 is 0 Å². The molecular weight excluding hydrogens is 528 g/mol. The zero-order chi connectivity index (χ0) is 30.2. The van der Waals surface area contributed by atoms with E-state index in [1.807, 2.05) is 18.2 Å². The smallest absolute Gasteiger partial charge is 0.255 e. The number of rotatable bonds is 4. The molecule has 3 aliphatic carbocycles. The Hall–Kier alpha value is -4.54. The number of Topliss-reactive ketones (excluding diaryl/α,β-unsaturated/α-hetero) is 2. The zero-order valence-electron chi connectivity index (χ0n) is 22.4. The number of phenolic OH excluding ortho intramolecular Hbond substituents is 1. The van der Waals surface area contributed by atoms with Crippen LogP contribution < -0.4 is 22.9 Å². The number of nitrogens with two attached hydrogens (primary N) is 4. The van der Waals surface area contributed by atoms with E-state index in [1.165, 1.54) is 19.0 Å². The molecule has 0 aliphatic heterocycles. The average molecular weight is 559 g/mol. The van der Waals surface area contributed by atoms with Crippen LogP contribution in [-0.4, -0.2) is 68.9 Å². The van der Waals surface area contributed by atoms with Gasteiger partial charge in [-0.15, -0.1) is 0 Å². The molecule has 1 saturated carbocycles. The van der Waals surface area contributed by atoms with Crippen LogP contribution in [0.25, 0.3) is 16.9 Å². The minimum atomic E-state index is -2.72. The molecule has 12 nitrogen and oxygen atoms in total. The van der Waals surface area contributed by atoms with Crippen molar-refractivity contribution >= 4 is 23.2 Å². The third-order valence-corrected chi connectivity index (χ3v) is 8.63. The number of hydrogen-bond donors (Lipinski definition) is 7. The predicted octanol–water partition coefficient (Wildman–Crippen LogP) is 0.0312. The van der Waals surface area contributed by atoms with Crippen molar-refractivity contribution in [3.63, 3.8) is 0 Å². The third kappa shape index (κ3) is 3.37. The summed E-state index contributed by atoms with van der Waals surface area (Å²) in [5, 5.41) is 44.7. The van der Waals surface area contributed by atoms with Crippen LogP contribution in [0.3, 0.4) is 0 Å². The Kier molecular flexibility index (Phi) is 6.14. The number of aliphatic hydroxyl groups is 2. The first-order valence-electron chi connectivity index (χ1n) is 12.8. The van der Waals surface area contributed by atoms with Gasteiger partial charge < -0.3 is 38.3 Å². The number of likely N-dealkylation sites (N-methyl/N-ethyl adjacent to an activating group) is 1. The highest BCUT2D eigenvalue weighted by molar-refractivity contribution is 6.25. The van der Waals surface area contributed by atoms with Crippen LogP contribution in [0.15, 0.2) is 53.3 Å². The summed E-state index contributed by atoms with van der Waals surface area (Å²) in [4.78, 5) is 41.6. The molecule has 0 radical (unpaired) electrons. The molecule has 12 heteroatoms. The highest BCUT2D eigenvalue weighted by Gasteiger charge is 2.74. The minimum absolute atomic E-state index is 0.0940. The molecule has 212 valence electrons. The number of aromatic hydroxyl groups is 1. The molecule has 3 aliphatic rings. The van der Waals surface area contributed by atoms with Gasteiger partial charge in [-0.1, -0.05) is 30.3 Å². The molecule has 2 aromatic carbocycles. The van der Waals surface area contributed by atoms with Crippen molar-refractivity contribution in [1.82, 2.24) is 4.90 Å². The number of aliphatic hydroxyl groups excluding tert-OH is 2. The molecule has 11 N–H and O–H groups in total. The van der Waals surface area contributed by atoms with Crippen molar-refractivity contribution in [2.45, 2.75) is 36.5 Å². The van der Waals surface area contributed by atoms with Crippen LogP contribution in [0.2, 0.25) is 0 Å². The average Bonchev–Trinajstić information content (AvgIpc) is 2.88. The summed E-state index contributed by atoms with van der Waals surface area (Å²) in [5.41, 5.74) is 19.0. The molecule has 0 bridgehead atoms. The number of ketones is 2. The number of phenols is 1. The van der Waals surface area contributed by atoms with Gasteiger partial charge in [0.05, 0.1) is 34.3 Å². The number of hydrogen-bond acceptors (Lipinski definition) is 11. The van der Waals surface area contributed by atoms with Gasteiger partial charge in [0, 0.05) is 12.1 Å². The maximum Gasteiger partial charge on any atom is 0.255 e. The van der Waals surface area contributed by atoms with Crippen LogP contribution in [0, 0.1) is 16.7 Å². The second-order valence-corrected chi connectivity index (χ2v) is 11.1. The van der Waals surface area contributed by atoms with E-state index in [0.29, 0.717) is 11.1 Å². The lowest BCUT2D eigenvalue weighted by Crippen LogP contribution is -2.80. The Morgan fingerprint density at radius 2 is 1.78 bits per heavy atom. The zero-order valence-corrected chi connectivity index (χ0v) is 22.4. The second kappa shape index (κ2) is 8.98. The minimum Gasteiger partial charge on any atom is -0.509 e. The molecule has 0 unspecified atom stereocenters. The highest BCUT2D eigenvalue weighted by Crippen LogP contribution is 2.59. The van der Waals surface area contributed by atoms with Gasteiger partial charge in [-0.25, -0.2) is 0 Å². The topological polar surface area (TPSA) is 243 Å². The number of carbonyl (C=O) groups is 3. The summed E-state index contributed by atoms with van der Waals surface area (Å²) in [6, 6.07) is 11.0. The van der Waals surface area contributed by atoms with E-state index in [2.05, 4.69) is 0 Å². The van der Waals surface area contributed by atoms with Gasteiger partial charge in [-0.3, -0.25) is 19.3 Å². The fourth-order valence-corrected chi connectivity index (χ4v) is 6.99. The van der Waals surface area contributed by atoms with Gasteiger partial charge in [0.1, 0.15) is 22.8 Å². The summed E-state index contributed by atoms with van der Waals surface area (Å²) in [6.45, 7) is -0.102. The summed E-state index contributed by atoms with van der Waals surface area (Å²) >= 11 is 0. The quantitative estimate of drug-likeness (QED) is 0.247. The molecule has 5 rings (SSSR count). The molecular formula is C29H30N6O6. The van der Waals surface area contributed by atoms with Crippen LogP contribution in [0.4, 0.5) is 0 Å². The SMILES string of the molecule is CN(C)[C@@H]1C(=O)C(C(N)=O)=C(O)[C@@]2(C#N)C(=O)C3=C(O)c4c(O)c(CN)cc(-c5ccccc5)c4C[C@@]3(N)C[C@@]12N. The number of fused-ring (bicyclic) bond motifs is 3. The summed E-state index contributed by atoms with van der Waals surface area (Å²) in [6.07, 6.45) is -0.589. The first-order valence-corrected chi connectivity index (χ1v) is 12.8. The molecule has 1 amide bonds. The van der Waals surface area contributed by atoms with Crippen molar-refractivity contribution in [3.05, 3.63) is 70.0 Å². The maximum absolute atomic E-state index is 14.5. The van der Waals surface area contributed by atoms with Crippen molar-refractivity contribution in [3.8, 4) is 22.9 Å². The van der Waals surface area contributed by atoms with Crippen LogP contribution in [0.5, 0.6) is 5.75 Å². The normalized spacial score (nSPS) is 29.1. The standard InChI is InChI=1S/C29H30N6O6/c1-35(2)23-22(38)18(26(32)41)24(39)28(12-31)25(40)19-21(37)17-16(9-27(19,33)11-29(23,28)34)15(8-14(10-30)20(17)36)13-6-4-3-5-7-13/h3-8,23,36-37,39H,9-11,30,33-34H2,1-2H3,(H2,32,41)/t23-,27-,28+,29-/m1/s1. The van der Waals surface area contributed by atoms with Gasteiger partial charge >= 0.3 is 0 Å². The lowest BCUT2D eigenvalue weighted by atomic mass is 9.47. The van der Waals surface area contributed by atoms with E-state index in [1.54, 1.807) is 24.3 Å². The first kappa shape index (κ1) is 28.0. The number of primary amides is 1. The Morgan fingerprint density at radius 3 is 2.32 bits per heavy atom. The Labute approximate surface area is 235 Å². The van der Waals surface area contributed by atoms with Crippen molar-refractivity contribution < 1.29 is 29.7 Å². The summed E-state index contributed by atoms with van der Waals surface area (Å²) < 4.78 is 0. The van der Waals surface area contributed by atoms with Crippen molar-refractivity contribution in [2.75, 3.05) is 14.1 Å². The van der Waals surface area contributed by atoms with Gasteiger partial charge in [0.15, 0.2) is 17.0 Å². The molecule has 4 atom stereocenters. The molecule has 2 aromatic rings. The van der Waals surface area contributed by atoms with Crippen molar-refractivity contribution in [2.24, 2.45) is 28.3 Å². The maximum atomic E-state index is 14.5. The Morgan fingerprint density at radius 1 is 1.15 bits per heavy atom. The number of nitrogens with zero attached hydrogens (tertiary/aromatic N) is 2. The Bertz CT molecular complexity index is 1660. The molecule has 0 saturated heterocycles. The van der Waals surface area contributed by atoms with E-state index in [0.717, 1.165) is 5.56 Å². The fourth-order valence-electron chi connectivity index (χ4n) is 6.99. The molecule has 0 heterocycles. The second-order valence-electron chi connectivity index (χ2n) is 11.1. The highest BCUT2D eigenvalue weighted by atomic mass is 16.3. The third-order valence-electron chi connectivity index (χ3n) is 8.63. The van der Waals surface area contributed by atoms with E-state index in [4.69, 9.17) is 22.9 Å². The lowest BCUT2D eigenvalue weighted by Gasteiger charge is -2.58. The Balaban J connectivity index is 1.90. The fraction of sp³-hybridized carbons (Fsp3) is 0.310. The van der Waals surface area contributed by atoms with Gasteiger partial charge in [-0.05, 0) is 49.7 Å². The van der Waals surface area contributed by atoms with Crippen LogP contribution in [-0.2, 0) is 27.3 Å². The summed E-state index contributed by atoms with van der Waals surface area (Å²) in [5.74, 6) is -5.80. The monoisotopic (exact) mass is 558 g/mol. The number of benzene rings is 2. The van der Waals surface area contributed by atoms with Gasteiger partial charge in [0.25, 0.3) is 5.91 Å². The lowest BCUT2D eigenvalue weighted by molar-refractivity contribution is -0.139. The number of carbonyl (C=O) groups excluding carboxylic acids is 3. The number of amides is 1. The largest absolute Gasteiger partial charge is 0.509 e. The van der Waals surface area contributed by atoms with Crippen LogP contribution >= 0.6 is 0 Å². The van der Waals surface area contributed by atoms with Crippen LogP contribution in [0.1, 0.15) is 23.1 Å². The van der Waals surface area contributed by atoms with E-state index in [-0.39, 0.29) is 29.8 Å². The molecule has 41 heavy (non-hydrogen) atoms. The van der Waals surface area contributed by atoms with E-state index < -0.39 is 69.1 Å². The summed E-state index contributed by atoms with van der Waals surface area (Å²) in [7, 11) is 2.93. The van der Waals surface area contributed by atoms with Crippen molar-refractivity contribution in [1.29, 1.82) is 5.26 Å². The predicted molar refractivity (Wildman–Crippen MR) is 148 cm³/mol. The number of nitriles is 1. The van der Waals surface area contributed by atoms with E-state index in [9.17, 15) is 35.0 Å². The molecule has 0 spiro atoms. The van der Waals surface area contributed by atoms with Gasteiger partial charge in [0.2, 0.25) is 0 Å².